The largest absolute Gasteiger partial charge is 0.396 e. The maximum atomic E-state index is 11.6. The highest BCUT2D eigenvalue weighted by Crippen LogP contribution is 2.07. The summed E-state index contributed by atoms with van der Waals surface area (Å²) in [5.74, 6) is -0.409. The van der Waals surface area contributed by atoms with Gasteiger partial charge in [0.05, 0.1) is 18.4 Å². The molecule has 1 rings (SSSR count). The molecule has 1 aromatic rings. The molecule has 0 aliphatic heterocycles. The number of amides is 1. The van der Waals surface area contributed by atoms with Crippen LogP contribution in [0.15, 0.2) is 6.20 Å². The van der Waals surface area contributed by atoms with E-state index in [0.717, 1.165) is 0 Å². The zero-order valence-corrected chi connectivity index (χ0v) is 9.30. The first kappa shape index (κ1) is 12.5. The summed E-state index contributed by atoms with van der Waals surface area (Å²) in [6.07, 6.45) is 0.805. The molecule has 0 aromatic carbocycles. The summed E-state index contributed by atoms with van der Waals surface area (Å²) in [5, 5.41) is 15.7. The molecule has 4 N–H and O–H groups in total. The number of nitrogens with two attached hydrogens (primary N) is 1. The molecule has 7 heteroatoms. The molecule has 1 aromatic heterocycles. The van der Waals surface area contributed by atoms with Crippen molar-refractivity contribution in [1.82, 2.24) is 15.1 Å². The van der Waals surface area contributed by atoms with E-state index in [4.69, 9.17) is 10.5 Å². The molecule has 1 atom stereocenters. The Balaban J connectivity index is 2.50. The molecule has 0 spiro atoms. The van der Waals surface area contributed by atoms with Gasteiger partial charge in [-0.15, -0.1) is 0 Å². The third-order valence-electron chi connectivity index (χ3n) is 1.93. The van der Waals surface area contributed by atoms with Crippen LogP contribution in [0.1, 0.15) is 10.5 Å². The Morgan fingerprint density at radius 1 is 1.81 bits per heavy atom. The van der Waals surface area contributed by atoms with Crippen molar-refractivity contribution in [2.75, 3.05) is 26.0 Å². The molecule has 0 radical (unpaired) electrons. The van der Waals surface area contributed by atoms with Gasteiger partial charge in [-0.2, -0.15) is 5.10 Å². The first-order valence-corrected chi connectivity index (χ1v) is 4.79. The lowest BCUT2D eigenvalue weighted by atomic mass is 10.3. The van der Waals surface area contributed by atoms with Gasteiger partial charge in [-0.25, -0.2) is 0 Å². The Hall–Kier alpha value is -1.60. The number of nitrogens with zero attached hydrogens (tertiary/aromatic N) is 2. The number of carbonyl (C=O) groups excluding carboxylic acids is 1. The SMILES string of the molecule is COCC(O)CNC(=O)c1nn(C)cc1N. The van der Waals surface area contributed by atoms with E-state index in [-0.39, 0.29) is 18.8 Å². The number of nitrogen functional groups attached to an aromatic ring is 1. The van der Waals surface area contributed by atoms with Crippen LogP contribution in [0.5, 0.6) is 0 Å². The number of hydrogen-bond acceptors (Lipinski definition) is 5. The fourth-order valence-corrected chi connectivity index (χ4v) is 1.23. The third-order valence-corrected chi connectivity index (χ3v) is 1.93. The van der Waals surface area contributed by atoms with Crippen LogP contribution in [0.3, 0.4) is 0 Å². The van der Waals surface area contributed by atoms with E-state index in [1.54, 1.807) is 13.2 Å². The Bertz CT molecular complexity index is 364. The fraction of sp³-hybridized carbons (Fsp3) is 0.556. The first-order valence-electron chi connectivity index (χ1n) is 4.79. The number of carbonyl (C=O) groups is 1. The van der Waals surface area contributed by atoms with Gasteiger partial charge in [0.2, 0.25) is 0 Å². The Morgan fingerprint density at radius 2 is 2.50 bits per heavy atom. The lowest BCUT2D eigenvalue weighted by molar-refractivity contribution is 0.0608. The van der Waals surface area contributed by atoms with Crippen molar-refractivity contribution in [3.8, 4) is 0 Å². The molecule has 16 heavy (non-hydrogen) atoms. The molecule has 0 bridgehead atoms. The number of ether oxygens (including phenoxy) is 1. The van der Waals surface area contributed by atoms with E-state index in [2.05, 4.69) is 10.4 Å². The van der Waals surface area contributed by atoms with Gasteiger partial charge >= 0.3 is 0 Å². The van der Waals surface area contributed by atoms with E-state index in [9.17, 15) is 9.90 Å². The highest BCUT2D eigenvalue weighted by atomic mass is 16.5. The van der Waals surface area contributed by atoms with Crippen LogP contribution in [0.25, 0.3) is 0 Å². The van der Waals surface area contributed by atoms with Gasteiger partial charge in [-0.3, -0.25) is 9.48 Å². The average molecular weight is 228 g/mol. The van der Waals surface area contributed by atoms with E-state index >= 15 is 0 Å². The summed E-state index contributed by atoms with van der Waals surface area (Å²) >= 11 is 0. The van der Waals surface area contributed by atoms with E-state index in [0.29, 0.717) is 5.69 Å². The second-order valence-corrected chi connectivity index (χ2v) is 3.43. The van der Waals surface area contributed by atoms with Crippen molar-refractivity contribution < 1.29 is 14.6 Å². The Labute approximate surface area is 93.2 Å². The van der Waals surface area contributed by atoms with Crippen molar-refractivity contribution in [2.24, 2.45) is 7.05 Å². The summed E-state index contributed by atoms with van der Waals surface area (Å²) in [4.78, 5) is 11.6. The van der Waals surface area contributed by atoms with Crippen LogP contribution >= 0.6 is 0 Å². The molecule has 0 fully saturated rings. The molecule has 1 amide bonds. The minimum Gasteiger partial charge on any atom is -0.396 e. The van der Waals surface area contributed by atoms with E-state index in [1.807, 2.05) is 0 Å². The lowest BCUT2D eigenvalue weighted by Gasteiger charge is -2.09. The molecule has 7 nitrogen and oxygen atoms in total. The van der Waals surface area contributed by atoms with Gasteiger partial charge in [-0.1, -0.05) is 0 Å². The summed E-state index contributed by atoms with van der Waals surface area (Å²) < 4.78 is 6.18. The molecule has 0 saturated heterocycles. The van der Waals surface area contributed by atoms with Gasteiger partial charge < -0.3 is 20.9 Å². The first-order chi connectivity index (χ1) is 7.54. The van der Waals surface area contributed by atoms with Crippen molar-refractivity contribution in [1.29, 1.82) is 0 Å². The summed E-state index contributed by atoms with van der Waals surface area (Å²) in [7, 11) is 3.15. The van der Waals surface area contributed by atoms with Crippen LogP contribution in [-0.2, 0) is 11.8 Å². The van der Waals surface area contributed by atoms with Crippen LogP contribution in [0.2, 0.25) is 0 Å². The van der Waals surface area contributed by atoms with Crippen LogP contribution < -0.4 is 11.1 Å². The molecule has 0 aliphatic rings. The number of aromatic nitrogens is 2. The summed E-state index contributed by atoms with van der Waals surface area (Å²) in [6, 6.07) is 0. The van der Waals surface area contributed by atoms with Gasteiger partial charge in [0.15, 0.2) is 5.69 Å². The standard InChI is InChI=1S/C9H16N4O3/c1-13-4-7(10)8(12-13)9(15)11-3-6(14)5-16-2/h4,6,14H,3,5,10H2,1-2H3,(H,11,15). The number of nitrogens with one attached hydrogen (secondary N) is 1. The monoisotopic (exact) mass is 228 g/mol. The number of hydrogen-bond donors (Lipinski definition) is 3. The smallest absolute Gasteiger partial charge is 0.274 e. The number of methoxy groups -OCH3 is 1. The maximum Gasteiger partial charge on any atom is 0.274 e. The van der Waals surface area contributed by atoms with Gasteiger partial charge in [0.25, 0.3) is 5.91 Å². The Morgan fingerprint density at radius 3 is 3.00 bits per heavy atom. The van der Waals surface area contributed by atoms with Gasteiger partial charge in [-0.05, 0) is 0 Å². The molecule has 1 heterocycles. The summed E-state index contributed by atoms with van der Waals surface area (Å²) in [6.45, 7) is 0.265. The second-order valence-electron chi connectivity index (χ2n) is 3.43. The van der Waals surface area contributed by atoms with Crippen molar-refractivity contribution >= 4 is 11.6 Å². The topological polar surface area (TPSA) is 102 Å². The lowest BCUT2D eigenvalue weighted by Crippen LogP contribution is -2.34. The van der Waals surface area contributed by atoms with E-state index in [1.165, 1.54) is 11.8 Å². The minimum absolute atomic E-state index is 0.0999. The zero-order valence-electron chi connectivity index (χ0n) is 9.30. The number of aliphatic hydroxyl groups is 1. The molecular formula is C9H16N4O3. The maximum absolute atomic E-state index is 11.6. The number of aryl methyl sites for hydroxylation is 1. The molecule has 0 aliphatic carbocycles. The van der Waals surface area contributed by atoms with Crippen LogP contribution in [-0.4, -0.2) is 47.2 Å². The predicted molar refractivity (Wildman–Crippen MR) is 57.8 cm³/mol. The van der Waals surface area contributed by atoms with Crippen molar-refractivity contribution in [2.45, 2.75) is 6.10 Å². The van der Waals surface area contributed by atoms with Crippen molar-refractivity contribution in [3.63, 3.8) is 0 Å². The highest BCUT2D eigenvalue weighted by Gasteiger charge is 2.14. The molecule has 1 unspecified atom stereocenters. The van der Waals surface area contributed by atoms with Crippen LogP contribution in [0.4, 0.5) is 5.69 Å². The van der Waals surface area contributed by atoms with Gasteiger partial charge in [0.1, 0.15) is 0 Å². The number of anilines is 1. The van der Waals surface area contributed by atoms with E-state index < -0.39 is 12.0 Å². The second kappa shape index (κ2) is 5.47. The molecule has 0 saturated carbocycles. The normalized spacial score (nSPS) is 12.4. The average Bonchev–Trinajstić information content (AvgIpc) is 2.55. The quantitative estimate of drug-likeness (QED) is 0.583. The fourth-order valence-electron chi connectivity index (χ4n) is 1.23. The van der Waals surface area contributed by atoms with Crippen LogP contribution in [0, 0.1) is 0 Å². The minimum atomic E-state index is -0.737. The van der Waals surface area contributed by atoms with Gasteiger partial charge in [0, 0.05) is 26.9 Å². The number of aliphatic hydroxyl groups excluding tert-OH is 1. The third kappa shape index (κ3) is 3.21. The predicted octanol–water partition coefficient (Wildman–Crippen LogP) is -1.26. The molecular weight excluding hydrogens is 212 g/mol. The highest BCUT2D eigenvalue weighted by molar-refractivity contribution is 5.96. The van der Waals surface area contributed by atoms with Crippen molar-refractivity contribution in [3.05, 3.63) is 11.9 Å². The summed E-state index contributed by atoms with van der Waals surface area (Å²) in [5.41, 5.74) is 6.04. The number of rotatable bonds is 5. The Kier molecular flexibility index (Phi) is 4.27. The molecule has 90 valence electrons. The zero-order chi connectivity index (χ0) is 12.1.